The van der Waals surface area contributed by atoms with Gasteiger partial charge in [-0.25, -0.2) is 0 Å². The van der Waals surface area contributed by atoms with E-state index in [1.165, 1.54) is 0 Å². The van der Waals surface area contributed by atoms with Crippen molar-refractivity contribution in [1.29, 1.82) is 0 Å². The highest BCUT2D eigenvalue weighted by Crippen LogP contribution is 2.25. The van der Waals surface area contributed by atoms with Gasteiger partial charge in [-0.1, -0.05) is 55.3 Å². The third kappa shape index (κ3) is 6.29. The third-order valence-corrected chi connectivity index (χ3v) is 6.25. The number of unbranched alkanes of at least 4 members (excludes halogenated alkanes) is 1. The number of rotatable bonds is 11. The minimum Gasteiger partial charge on any atom is -0.368 e. The Bertz CT molecular complexity index is 934. The van der Waals surface area contributed by atoms with Gasteiger partial charge < -0.3 is 21.7 Å². The second kappa shape index (κ2) is 11.6. The average Bonchev–Trinajstić information content (AvgIpc) is 3.31. The number of carbonyl (C=O) groups excluding carboxylic acids is 3. The molecule has 1 aliphatic carbocycles. The van der Waals surface area contributed by atoms with Gasteiger partial charge in [-0.2, -0.15) is 0 Å². The SMILES string of the molecule is NCCCC[C@H](NC(=O)CN(C(=O)Cc1cccc2ccccc12)C1CCCC1)C(N)=O. The number of nitrogens with zero attached hydrogens (tertiary/aromatic N) is 1. The van der Waals surface area contributed by atoms with E-state index in [-0.39, 0.29) is 30.8 Å². The second-order valence-corrected chi connectivity index (χ2v) is 8.58. The van der Waals surface area contributed by atoms with Gasteiger partial charge in [0.1, 0.15) is 6.04 Å². The molecule has 7 nitrogen and oxygen atoms in total. The summed E-state index contributed by atoms with van der Waals surface area (Å²) in [5.74, 6) is -0.980. The van der Waals surface area contributed by atoms with Crippen molar-refractivity contribution in [2.75, 3.05) is 13.1 Å². The van der Waals surface area contributed by atoms with E-state index >= 15 is 0 Å². The summed E-state index contributed by atoms with van der Waals surface area (Å²) in [5.41, 5.74) is 11.9. The van der Waals surface area contributed by atoms with Gasteiger partial charge in [-0.3, -0.25) is 14.4 Å². The molecule has 7 heteroatoms. The Kier molecular flexibility index (Phi) is 8.62. The molecule has 3 rings (SSSR count). The van der Waals surface area contributed by atoms with E-state index in [1.807, 2.05) is 42.5 Å². The second-order valence-electron chi connectivity index (χ2n) is 8.58. The van der Waals surface area contributed by atoms with Crippen molar-refractivity contribution < 1.29 is 14.4 Å². The van der Waals surface area contributed by atoms with Gasteiger partial charge in [0.2, 0.25) is 17.7 Å². The Morgan fingerprint density at radius 2 is 1.75 bits per heavy atom. The molecule has 2 aromatic carbocycles. The van der Waals surface area contributed by atoms with Gasteiger partial charge in [-0.05, 0) is 55.0 Å². The first-order valence-corrected chi connectivity index (χ1v) is 11.5. The lowest BCUT2D eigenvalue weighted by Gasteiger charge is -2.29. The Labute approximate surface area is 189 Å². The van der Waals surface area contributed by atoms with E-state index in [4.69, 9.17) is 11.5 Å². The van der Waals surface area contributed by atoms with Gasteiger partial charge in [0.25, 0.3) is 0 Å². The fourth-order valence-corrected chi connectivity index (χ4v) is 4.52. The molecule has 0 aromatic heterocycles. The smallest absolute Gasteiger partial charge is 0.240 e. The Morgan fingerprint density at radius 3 is 2.47 bits per heavy atom. The number of benzene rings is 2. The predicted octanol–water partition coefficient (Wildman–Crippen LogP) is 2.25. The fourth-order valence-electron chi connectivity index (χ4n) is 4.52. The highest BCUT2D eigenvalue weighted by Gasteiger charge is 2.29. The molecule has 5 N–H and O–H groups in total. The van der Waals surface area contributed by atoms with Crippen molar-refractivity contribution in [1.82, 2.24) is 10.2 Å². The zero-order chi connectivity index (χ0) is 22.9. The molecule has 2 aromatic rings. The number of amides is 3. The van der Waals surface area contributed by atoms with Gasteiger partial charge >= 0.3 is 0 Å². The van der Waals surface area contributed by atoms with Crippen LogP contribution >= 0.6 is 0 Å². The molecule has 3 amide bonds. The van der Waals surface area contributed by atoms with Crippen LogP contribution in [0.2, 0.25) is 0 Å². The van der Waals surface area contributed by atoms with Crippen LogP contribution in [0.3, 0.4) is 0 Å². The first-order chi connectivity index (χ1) is 15.5. The van der Waals surface area contributed by atoms with Crippen molar-refractivity contribution >= 4 is 28.5 Å². The fraction of sp³-hybridized carbons (Fsp3) is 0.480. The Hall–Kier alpha value is -2.93. The van der Waals surface area contributed by atoms with Gasteiger partial charge in [0.15, 0.2) is 0 Å². The van der Waals surface area contributed by atoms with E-state index in [2.05, 4.69) is 5.32 Å². The predicted molar refractivity (Wildman–Crippen MR) is 126 cm³/mol. The van der Waals surface area contributed by atoms with Crippen LogP contribution in [0.4, 0.5) is 0 Å². The van der Waals surface area contributed by atoms with E-state index in [1.54, 1.807) is 4.90 Å². The van der Waals surface area contributed by atoms with Crippen LogP contribution in [0, 0.1) is 0 Å². The topological polar surface area (TPSA) is 119 Å². The maximum absolute atomic E-state index is 13.3. The summed E-state index contributed by atoms with van der Waals surface area (Å²) in [6.45, 7) is 0.465. The molecule has 172 valence electrons. The summed E-state index contributed by atoms with van der Waals surface area (Å²) in [6, 6.07) is 13.2. The minimum absolute atomic E-state index is 0.0486. The monoisotopic (exact) mass is 438 g/mol. The molecule has 0 radical (unpaired) electrons. The highest BCUT2D eigenvalue weighted by molar-refractivity contribution is 5.93. The zero-order valence-electron chi connectivity index (χ0n) is 18.6. The lowest BCUT2D eigenvalue weighted by Crippen LogP contribution is -2.51. The van der Waals surface area contributed by atoms with Gasteiger partial charge in [-0.15, -0.1) is 0 Å². The van der Waals surface area contributed by atoms with Crippen molar-refractivity contribution in [2.45, 2.75) is 63.5 Å². The van der Waals surface area contributed by atoms with Crippen LogP contribution in [0.15, 0.2) is 42.5 Å². The molecular formula is C25H34N4O3. The molecule has 1 fully saturated rings. The molecule has 1 aliphatic rings. The summed E-state index contributed by atoms with van der Waals surface area (Å²) in [5, 5.41) is 4.87. The van der Waals surface area contributed by atoms with Crippen LogP contribution in [0.1, 0.15) is 50.5 Å². The summed E-state index contributed by atoms with van der Waals surface area (Å²) in [6.07, 6.45) is 6.04. The largest absolute Gasteiger partial charge is 0.368 e. The Morgan fingerprint density at radius 1 is 1.03 bits per heavy atom. The number of hydrogen-bond donors (Lipinski definition) is 3. The number of hydrogen-bond acceptors (Lipinski definition) is 4. The number of nitrogens with two attached hydrogens (primary N) is 2. The number of primary amides is 1. The summed E-state index contributed by atoms with van der Waals surface area (Å²) < 4.78 is 0. The van der Waals surface area contributed by atoms with E-state index in [0.717, 1.165) is 48.4 Å². The summed E-state index contributed by atoms with van der Waals surface area (Å²) >= 11 is 0. The van der Waals surface area contributed by atoms with Crippen molar-refractivity contribution in [3.05, 3.63) is 48.0 Å². The van der Waals surface area contributed by atoms with Gasteiger partial charge in [0, 0.05) is 6.04 Å². The first-order valence-electron chi connectivity index (χ1n) is 11.5. The molecular weight excluding hydrogens is 404 g/mol. The molecule has 0 saturated heterocycles. The standard InChI is InChI=1S/C25H34N4O3/c26-15-6-5-14-22(25(27)32)28-23(30)17-29(20-11-2-3-12-20)24(31)16-19-10-7-9-18-8-1-4-13-21(18)19/h1,4,7-10,13,20,22H,2-3,5-6,11-12,14-17,26H2,(H2,27,32)(H,28,30)/t22-/m0/s1. The van der Waals surface area contributed by atoms with E-state index < -0.39 is 11.9 Å². The lowest BCUT2D eigenvalue weighted by molar-refractivity contribution is -0.138. The van der Waals surface area contributed by atoms with Crippen molar-refractivity contribution in [3.8, 4) is 0 Å². The van der Waals surface area contributed by atoms with Gasteiger partial charge in [0.05, 0.1) is 13.0 Å². The van der Waals surface area contributed by atoms with Crippen LogP contribution in [-0.4, -0.2) is 47.8 Å². The van der Waals surface area contributed by atoms with Crippen molar-refractivity contribution in [2.24, 2.45) is 11.5 Å². The molecule has 32 heavy (non-hydrogen) atoms. The van der Waals surface area contributed by atoms with Crippen molar-refractivity contribution in [3.63, 3.8) is 0 Å². The van der Waals surface area contributed by atoms with Crippen LogP contribution in [0.5, 0.6) is 0 Å². The summed E-state index contributed by atoms with van der Waals surface area (Å²) in [7, 11) is 0. The average molecular weight is 439 g/mol. The Balaban J connectivity index is 1.71. The highest BCUT2D eigenvalue weighted by atomic mass is 16.2. The maximum Gasteiger partial charge on any atom is 0.240 e. The molecule has 1 atom stereocenters. The van der Waals surface area contributed by atoms with Crippen LogP contribution in [-0.2, 0) is 20.8 Å². The number of fused-ring (bicyclic) bond motifs is 1. The zero-order valence-corrected chi connectivity index (χ0v) is 18.6. The molecule has 0 unspecified atom stereocenters. The molecule has 0 aliphatic heterocycles. The maximum atomic E-state index is 13.3. The molecule has 0 spiro atoms. The third-order valence-electron chi connectivity index (χ3n) is 6.25. The molecule has 0 heterocycles. The first kappa shape index (κ1) is 23.7. The minimum atomic E-state index is -0.743. The van der Waals surface area contributed by atoms with E-state index in [9.17, 15) is 14.4 Å². The van der Waals surface area contributed by atoms with E-state index in [0.29, 0.717) is 19.4 Å². The lowest BCUT2D eigenvalue weighted by atomic mass is 10.0. The number of carbonyl (C=O) groups is 3. The van der Waals surface area contributed by atoms with Crippen LogP contribution < -0.4 is 16.8 Å². The normalized spacial score (nSPS) is 14.9. The molecule has 1 saturated carbocycles. The molecule has 0 bridgehead atoms. The summed E-state index contributed by atoms with van der Waals surface area (Å²) in [4.78, 5) is 39.6. The number of nitrogens with one attached hydrogen (secondary N) is 1. The van der Waals surface area contributed by atoms with Crippen LogP contribution in [0.25, 0.3) is 10.8 Å². The quantitative estimate of drug-likeness (QED) is 0.466.